The SMILES string of the molecule is CCOC(CC)C(=O)C(C)CC. The van der Waals surface area contributed by atoms with Gasteiger partial charge in [0.2, 0.25) is 0 Å². The van der Waals surface area contributed by atoms with Gasteiger partial charge >= 0.3 is 0 Å². The molecule has 0 aliphatic carbocycles. The van der Waals surface area contributed by atoms with Gasteiger partial charge in [0.05, 0.1) is 0 Å². The lowest BCUT2D eigenvalue weighted by molar-refractivity contribution is -0.134. The molecule has 2 heteroatoms. The van der Waals surface area contributed by atoms with Gasteiger partial charge in [-0.1, -0.05) is 20.8 Å². The molecule has 0 radical (unpaired) electrons. The molecule has 0 aliphatic rings. The van der Waals surface area contributed by atoms with Gasteiger partial charge in [-0.25, -0.2) is 0 Å². The summed E-state index contributed by atoms with van der Waals surface area (Å²) in [6.07, 6.45) is 1.52. The van der Waals surface area contributed by atoms with Crippen LogP contribution < -0.4 is 0 Å². The first-order chi connectivity index (χ1) is 5.67. The molecule has 0 amide bonds. The second-order valence-electron chi connectivity index (χ2n) is 3.06. The van der Waals surface area contributed by atoms with Crippen LogP contribution in [0, 0.1) is 5.92 Å². The zero-order valence-electron chi connectivity index (χ0n) is 8.59. The minimum Gasteiger partial charge on any atom is -0.371 e. The Hall–Kier alpha value is -0.370. The molecule has 0 aromatic heterocycles. The second kappa shape index (κ2) is 6.18. The lowest BCUT2D eigenvalue weighted by Crippen LogP contribution is -2.28. The largest absolute Gasteiger partial charge is 0.371 e. The first-order valence-electron chi connectivity index (χ1n) is 4.82. The molecule has 0 rings (SSSR count). The number of rotatable bonds is 6. The van der Waals surface area contributed by atoms with Crippen LogP contribution in [0.4, 0.5) is 0 Å². The Balaban J connectivity index is 4.01. The molecular formula is C10H20O2. The van der Waals surface area contributed by atoms with Crippen molar-refractivity contribution >= 4 is 5.78 Å². The van der Waals surface area contributed by atoms with Crippen LogP contribution in [0.2, 0.25) is 0 Å². The molecule has 0 N–H and O–H groups in total. The number of Topliss-reactive ketones (excluding diaryl/α,β-unsaturated/α-hetero) is 1. The van der Waals surface area contributed by atoms with Crippen molar-refractivity contribution in [2.45, 2.75) is 46.6 Å². The maximum atomic E-state index is 11.6. The molecule has 0 fully saturated rings. The van der Waals surface area contributed by atoms with Crippen LogP contribution in [0.3, 0.4) is 0 Å². The number of hydrogen-bond donors (Lipinski definition) is 0. The third kappa shape index (κ3) is 3.35. The topological polar surface area (TPSA) is 26.3 Å². The van der Waals surface area contributed by atoms with Gasteiger partial charge < -0.3 is 4.74 Å². The van der Waals surface area contributed by atoms with Crippen molar-refractivity contribution in [3.63, 3.8) is 0 Å². The number of ether oxygens (including phenoxy) is 1. The Bertz CT molecular complexity index is 132. The van der Waals surface area contributed by atoms with E-state index in [0.29, 0.717) is 6.61 Å². The second-order valence-corrected chi connectivity index (χ2v) is 3.06. The van der Waals surface area contributed by atoms with Crippen molar-refractivity contribution in [3.8, 4) is 0 Å². The molecule has 0 aromatic rings. The van der Waals surface area contributed by atoms with E-state index in [9.17, 15) is 4.79 Å². The van der Waals surface area contributed by atoms with E-state index in [1.807, 2.05) is 27.7 Å². The van der Waals surface area contributed by atoms with Crippen LogP contribution in [-0.2, 0) is 9.53 Å². The molecule has 0 aromatic carbocycles. The van der Waals surface area contributed by atoms with Gasteiger partial charge in [0, 0.05) is 12.5 Å². The standard InChI is InChI=1S/C10H20O2/c1-5-8(4)10(11)9(6-2)12-7-3/h8-9H,5-7H2,1-4H3. The average Bonchev–Trinajstić information content (AvgIpc) is 2.11. The highest BCUT2D eigenvalue weighted by atomic mass is 16.5. The van der Waals surface area contributed by atoms with E-state index in [2.05, 4.69) is 0 Å². The summed E-state index contributed by atoms with van der Waals surface area (Å²) in [7, 11) is 0. The van der Waals surface area contributed by atoms with E-state index in [4.69, 9.17) is 4.74 Å². The molecule has 72 valence electrons. The molecule has 0 saturated heterocycles. The van der Waals surface area contributed by atoms with E-state index in [1.165, 1.54) is 0 Å². The van der Waals surface area contributed by atoms with Gasteiger partial charge in [0.1, 0.15) is 6.10 Å². The molecule has 2 nitrogen and oxygen atoms in total. The molecular weight excluding hydrogens is 152 g/mol. The van der Waals surface area contributed by atoms with Crippen molar-refractivity contribution in [2.75, 3.05) is 6.61 Å². The van der Waals surface area contributed by atoms with E-state index < -0.39 is 0 Å². The van der Waals surface area contributed by atoms with Crippen LogP contribution in [0.15, 0.2) is 0 Å². The number of hydrogen-bond acceptors (Lipinski definition) is 2. The summed E-state index contributed by atoms with van der Waals surface area (Å²) in [5.74, 6) is 0.392. The van der Waals surface area contributed by atoms with E-state index in [0.717, 1.165) is 12.8 Å². The highest BCUT2D eigenvalue weighted by Crippen LogP contribution is 2.10. The van der Waals surface area contributed by atoms with E-state index in [-0.39, 0.29) is 17.8 Å². The summed E-state index contributed by atoms with van der Waals surface area (Å²) in [6.45, 7) is 8.53. The zero-order valence-corrected chi connectivity index (χ0v) is 8.59. The van der Waals surface area contributed by atoms with Gasteiger partial charge in [0.15, 0.2) is 5.78 Å². The van der Waals surface area contributed by atoms with Crippen molar-refractivity contribution in [1.29, 1.82) is 0 Å². The summed E-state index contributed by atoms with van der Waals surface area (Å²) in [5, 5.41) is 0. The van der Waals surface area contributed by atoms with Crippen LogP contribution >= 0.6 is 0 Å². The van der Waals surface area contributed by atoms with Crippen molar-refractivity contribution in [2.24, 2.45) is 5.92 Å². The minimum atomic E-state index is -0.176. The average molecular weight is 172 g/mol. The molecule has 0 aliphatic heterocycles. The molecule has 0 saturated carbocycles. The maximum Gasteiger partial charge on any atom is 0.164 e. The minimum absolute atomic E-state index is 0.140. The normalized spacial score (nSPS) is 15.7. The first-order valence-corrected chi connectivity index (χ1v) is 4.82. The van der Waals surface area contributed by atoms with Crippen molar-refractivity contribution < 1.29 is 9.53 Å². The van der Waals surface area contributed by atoms with Crippen LogP contribution in [0.5, 0.6) is 0 Å². The van der Waals surface area contributed by atoms with Gasteiger partial charge in [-0.3, -0.25) is 4.79 Å². The Morgan fingerprint density at radius 1 is 1.25 bits per heavy atom. The molecule has 2 atom stereocenters. The molecule has 2 unspecified atom stereocenters. The molecule has 0 heterocycles. The van der Waals surface area contributed by atoms with Crippen molar-refractivity contribution in [1.82, 2.24) is 0 Å². The third-order valence-corrected chi connectivity index (χ3v) is 2.15. The maximum absolute atomic E-state index is 11.6. The fourth-order valence-electron chi connectivity index (χ4n) is 1.12. The van der Waals surface area contributed by atoms with Crippen LogP contribution in [0.1, 0.15) is 40.5 Å². The fourth-order valence-corrected chi connectivity index (χ4v) is 1.12. The Morgan fingerprint density at radius 2 is 1.83 bits per heavy atom. The van der Waals surface area contributed by atoms with E-state index in [1.54, 1.807) is 0 Å². The quantitative estimate of drug-likeness (QED) is 0.615. The summed E-state index contributed by atoms with van der Waals surface area (Å²) < 4.78 is 5.33. The first kappa shape index (κ1) is 11.6. The smallest absolute Gasteiger partial charge is 0.164 e. The highest BCUT2D eigenvalue weighted by Gasteiger charge is 2.20. The predicted octanol–water partition coefficient (Wildman–Crippen LogP) is 2.42. The molecule has 0 bridgehead atoms. The van der Waals surface area contributed by atoms with Crippen molar-refractivity contribution in [3.05, 3.63) is 0 Å². The summed E-state index contributed by atoms with van der Waals surface area (Å²) >= 11 is 0. The van der Waals surface area contributed by atoms with Crippen LogP contribution in [0.25, 0.3) is 0 Å². The lowest BCUT2D eigenvalue weighted by Gasteiger charge is -2.17. The van der Waals surface area contributed by atoms with Gasteiger partial charge in [0.25, 0.3) is 0 Å². The molecule has 12 heavy (non-hydrogen) atoms. The fraction of sp³-hybridized carbons (Fsp3) is 0.900. The van der Waals surface area contributed by atoms with E-state index >= 15 is 0 Å². The van der Waals surface area contributed by atoms with Crippen LogP contribution in [-0.4, -0.2) is 18.5 Å². The lowest BCUT2D eigenvalue weighted by atomic mass is 9.98. The monoisotopic (exact) mass is 172 g/mol. The highest BCUT2D eigenvalue weighted by molar-refractivity contribution is 5.85. The summed E-state index contributed by atoms with van der Waals surface area (Å²) in [5.41, 5.74) is 0. The van der Waals surface area contributed by atoms with Gasteiger partial charge in [-0.2, -0.15) is 0 Å². The zero-order chi connectivity index (χ0) is 9.56. The summed E-state index contributed by atoms with van der Waals surface area (Å²) in [4.78, 5) is 11.6. The predicted molar refractivity (Wildman–Crippen MR) is 50.2 cm³/mol. The third-order valence-electron chi connectivity index (χ3n) is 2.15. The Morgan fingerprint density at radius 3 is 2.17 bits per heavy atom. The van der Waals surface area contributed by atoms with Gasteiger partial charge in [-0.15, -0.1) is 0 Å². The summed E-state index contributed by atoms with van der Waals surface area (Å²) in [6, 6.07) is 0. The number of ketones is 1. The van der Waals surface area contributed by atoms with Gasteiger partial charge in [-0.05, 0) is 19.8 Å². The molecule has 0 spiro atoms. The Labute approximate surface area is 75.3 Å². The number of carbonyl (C=O) groups is 1. The Kier molecular flexibility index (Phi) is 5.99. The number of carbonyl (C=O) groups excluding carboxylic acids is 1.